The Labute approximate surface area is 167 Å². The fourth-order valence-electron chi connectivity index (χ4n) is 3.80. The summed E-state index contributed by atoms with van der Waals surface area (Å²) in [6.45, 7) is 5.49. The number of carbonyl (C=O) groups excluding carboxylic acids is 2. The molecular weight excluding hydrogens is 356 g/mol. The van der Waals surface area contributed by atoms with E-state index in [4.69, 9.17) is 14.2 Å². The highest BCUT2D eigenvalue weighted by atomic mass is 16.7. The molecule has 1 atom stereocenters. The van der Waals surface area contributed by atoms with Crippen molar-refractivity contribution < 1.29 is 23.8 Å². The molecule has 1 aromatic carbocycles. The number of cyclic esters (lactones) is 2. The van der Waals surface area contributed by atoms with Crippen LogP contribution in [-0.2, 0) is 23.8 Å². The van der Waals surface area contributed by atoms with Crippen LogP contribution in [0.3, 0.4) is 0 Å². The molecule has 2 aliphatic rings. The van der Waals surface area contributed by atoms with Gasteiger partial charge in [0.05, 0.1) is 24.4 Å². The topological polar surface area (TPSA) is 61.8 Å². The molecule has 0 bridgehead atoms. The number of hydrogen-bond acceptors (Lipinski definition) is 5. The van der Waals surface area contributed by atoms with Gasteiger partial charge in [0.25, 0.3) is 0 Å². The summed E-state index contributed by atoms with van der Waals surface area (Å²) in [6, 6.07) is 7.71. The summed E-state index contributed by atoms with van der Waals surface area (Å²) in [5, 5.41) is 0. The predicted molar refractivity (Wildman–Crippen MR) is 107 cm³/mol. The molecule has 152 valence electrons. The van der Waals surface area contributed by atoms with Crippen LogP contribution in [0.5, 0.6) is 0 Å². The maximum atomic E-state index is 12.3. The lowest BCUT2D eigenvalue weighted by molar-refractivity contribution is -0.150. The molecule has 3 rings (SSSR count). The molecule has 1 unspecified atom stereocenters. The Bertz CT molecular complexity index is 713. The number of unbranched alkanes of at least 4 members (excludes halogenated alkanes) is 5. The molecule has 5 heteroatoms. The van der Waals surface area contributed by atoms with E-state index in [9.17, 15) is 9.59 Å². The Morgan fingerprint density at radius 3 is 2.25 bits per heavy atom. The van der Waals surface area contributed by atoms with Gasteiger partial charge in [0.15, 0.2) is 6.29 Å². The molecule has 0 N–H and O–H groups in total. The molecule has 1 aromatic rings. The lowest BCUT2D eigenvalue weighted by Crippen LogP contribution is -2.16. The van der Waals surface area contributed by atoms with Gasteiger partial charge in [-0.2, -0.15) is 0 Å². The number of ether oxygens (including phenoxy) is 3. The van der Waals surface area contributed by atoms with Crippen LogP contribution in [0.25, 0.3) is 5.57 Å². The van der Waals surface area contributed by atoms with E-state index in [-0.39, 0.29) is 12.2 Å². The van der Waals surface area contributed by atoms with Crippen LogP contribution in [0.4, 0.5) is 0 Å². The normalized spacial score (nSPS) is 18.8. The number of esters is 2. The monoisotopic (exact) mass is 386 g/mol. The highest BCUT2D eigenvalue weighted by Gasteiger charge is 2.33. The van der Waals surface area contributed by atoms with Crippen molar-refractivity contribution in [1.82, 2.24) is 0 Å². The van der Waals surface area contributed by atoms with E-state index in [1.807, 2.05) is 24.3 Å². The molecule has 2 aliphatic heterocycles. The second kappa shape index (κ2) is 9.99. The first kappa shape index (κ1) is 20.7. The standard InChI is InChI=1S/C23H30O5/c1-3-4-5-6-7-8-9-19-20(22(25)28-21(19)24)18-12-10-17(11-13-18)16(2)23-26-14-15-27-23/h10-13,16,23H,3-9,14-15H2,1-2H3. The summed E-state index contributed by atoms with van der Waals surface area (Å²) in [7, 11) is 0. The van der Waals surface area contributed by atoms with E-state index >= 15 is 0 Å². The third kappa shape index (κ3) is 4.89. The van der Waals surface area contributed by atoms with Crippen molar-refractivity contribution in [2.45, 2.75) is 71.0 Å². The molecule has 28 heavy (non-hydrogen) atoms. The third-order valence-corrected chi connectivity index (χ3v) is 5.50. The van der Waals surface area contributed by atoms with Crippen LogP contribution in [0.15, 0.2) is 29.8 Å². The Morgan fingerprint density at radius 2 is 1.57 bits per heavy atom. The highest BCUT2D eigenvalue weighted by molar-refractivity contribution is 6.30. The molecule has 0 radical (unpaired) electrons. The summed E-state index contributed by atoms with van der Waals surface area (Å²) in [6.07, 6.45) is 7.17. The highest BCUT2D eigenvalue weighted by Crippen LogP contribution is 2.32. The van der Waals surface area contributed by atoms with E-state index in [2.05, 4.69) is 13.8 Å². The second-order valence-electron chi connectivity index (χ2n) is 7.57. The van der Waals surface area contributed by atoms with E-state index < -0.39 is 11.9 Å². The Morgan fingerprint density at radius 1 is 0.929 bits per heavy atom. The molecule has 5 nitrogen and oxygen atoms in total. The molecular formula is C23H30O5. The SMILES string of the molecule is CCCCCCCCC1=C(c2ccc(C(C)C3OCCO3)cc2)C(=O)OC1=O. The average molecular weight is 386 g/mol. The third-order valence-electron chi connectivity index (χ3n) is 5.50. The zero-order valence-electron chi connectivity index (χ0n) is 16.9. The van der Waals surface area contributed by atoms with Crippen LogP contribution in [0.2, 0.25) is 0 Å². The van der Waals surface area contributed by atoms with Crippen LogP contribution in [-0.4, -0.2) is 31.4 Å². The summed E-state index contributed by atoms with van der Waals surface area (Å²) >= 11 is 0. The van der Waals surface area contributed by atoms with E-state index in [1.54, 1.807) is 0 Å². The number of hydrogen-bond donors (Lipinski definition) is 0. The van der Waals surface area contributed by atoms with Crippen molar-refractivity contribution >= 4 is 17.5 Å². The minimum atomic E-state index is -0.533. The number of carbonyl (C=O) groups is 2. The van der Waals surface area contributed by atoms with Gasteiger partial charge in [-0.05, 0) is 24.0 Å². The second-order valence-corrected chi connectivity index (χ2v) is 7.57. The molecule has 0 aromatic heterocycles. The fraction of sp³-hybridized carbons (Fsp3) is 0.565. The molecule has 0 spiro atoms. The van der Waals surface area contributed by atoms with E-state index in [0.29, 0.717) is 30.8 Å². The molecule has 0 aliphatic carbocycles. The van der Waals surface area contributed by atoms with Crippen LogP contribution in [0, 0.1) is 0 Å². The van der Waals surface area contributed by atoms with Crippen molar-refractivity contribution in [3.8, 4) is 0 Å². The van der Waals surface area contributed by atoms with Crippen molar-refractivity contribution in [2.24, 2.45) is 0 Å². The van der Waals surface area contributed by atoms with Crippen molar-refractivity contribution in [1.29, 1.82) is 0 Å². The maximum absolute atomic E-state index is 12.3. The van der Waals surface area contributed by atoms with Gasteiger partial charge in [-0.25, -0.2) is 9.59 Å². The van der Waals surface area contributed by atoms with Crippen molar-refractivity contribution in [3.05, 3.63) is 41.0 Å². The Balaban J connectivity index is 1.68. The lowest BCUT2D eigenvalue weighted by atomic mass is 9.94. The van der Waals surface area contributed by atoms with E-state index in [1.165, 1.54) is 19.3 Å². The van der Waals surface area contributed by atoms with Crippen LogP contribution in [0.1, 0.15) is 75.8 Å². The zero-order valence-corrected chi connectivity index (χ0v) is 16.9. The van der Waals surface area contributed by atoms with Gasteiger partial charge in [0, 0.05) is 5.92 Å². The van der Waals surface area contributed by atoms with E-state index in [0.717, 1.165) is 30.4 Å². The van der Waals surface area contributed by atoms with Gasteiger partial charge >= 0.3 is 11.9 Å². The Kier molecular flexibility index (Phi) is 7.40. The summed E-state index contributed by atoms with van der Waals surface area (Å²) in [4.78, 5) is 24.4. The van der Waals surface area contributed by atoms with Gasteiger partial charge in [-0.15, -0.1) is 0 Å². The van der Waals surface area contributed by atoms with Gasteiger partial charge in [-0.3, -0.25) is 0 Å². The summed E-state index contributed by atoms with van der Waals surface area (Å²) < 4.78 is 16.1. The largest absolute Gasteiger partial charge is 0.386 e. The first-order valence-corrected chi connectivity index (χ1v) is 10.4. The van der Waals surface area contributed by atoms with Crippen LogP contribution < -0.4 is 0 Å². The average Bonchev–Trinajstić information content (AvgIpc) is 3.32. The molecule has 1 fully saturated rings. The number of benzene rings is 1. The first-order chi connectivity index (χ1) is 13.6. The zero-order chi connectivity index (χ0) is 19.9. The van der Waals surface area contributed by atoms with Gasteiger partial charge in [0.1, 0.15) is 0 Å². The number of rotatable bonds is 10. The summed E-state index contributed by atoms with van der Waals surface area (Å²) in [5.74, 6) is -0.918. The quantitative estimate of drug-likeness (QED) is 0.330. The minimum Gasteiger partial charge on any atom is -0.386 e. The van der Waals surface area contributed by atoms with Gasteiger partial charge < -0.3 is 14.2 Å². The molecule has 0 amide bonds. The molecule has 0 saturated carbocycles. The maximum Gasteiger partial charge on any atom is 0.347 e. The van der Waals surface area contributed by atoms with Crippen molar-refractivity contribution in [3.63, 3.8) is 0 Å². The summed E-state index contributed by atoms with van der Waals surface area (Å²) in [5.41, 5.74) is 2.75. The van der Waals surface area contributed by atoms with Crippen LogP contribution >= 0.6 is 0 Å². The Hall–Kier alpha value is -1.98. The van der Waals surface area contributed by atoms with Crippen molar-refractivity contribution in [2.75, 3.05) is 13.2 Å². The molecule has 1 saturated heterocycles. The first-order valence-electron chi connectivity index (χ1n) is 10.4. The van der Waals surface area contributed by atoms with Gasteiger partial charge in [0.2, 0.25) is 0 Å². The fourth-order valence-corrected chi connectivity index (χ4v) is 3.80. The minimum absolute atomic E-state index is 0.102. The smallest absolute Gasteiger partial charge is 0.347 e. The van der Waals surface area contributed by atoms with Gasteiger partial charge in [-0.1, -0.05) is 70.2 Å². The molecule has 2 heterocycles. The predicted octanol–water partition coefficient (Wildman–Crippen LogP) is 4.75. The lowest BCUT2D eigenvalue weighted by Gasteiger charge is -2.18.